The lowest BCUT2D eigenvalue weighted by molar-refractivity contribution is -0.144. The summed E-state index contributed by atoms with van der Waals surface area (Å²) in [4.78, 5) is 23.8. The smallest absolute Gasteiger partial charge is 0.306 e. The summed E-state index contributed by atoms with van der Waals surface area (Å²) in [5.41, 5.74) is 3.96. The number of carbonyl (C=O) groups is 2. The Balaban J connectivity index is 1.67. The summed E-state index contributed by atoms with van der Waals surface area (Å²) in [5.74, 6) is -0.435. The maximum atomic E-state index is 12.7. The molecule has 3 rings (SSSR count). The molecule has 0 bridgehead atoms. The van der Waals surface area contributed by atoms with Crippen molar-refractivity contribution >= 4 is 11.9 Å². The van der Waals surface area contributed by atoms with E-state index in [9.17, 15) is 9.59 Å². The van der Waals surface area contributed by atoms with Crippen LogP contribution in [0, 0.1) is 11.8 Å². The fourth-order valence-electron chi connectivity index (χ4n) is 4.22. The maximum absolute atomic E-state index is 12.7. The van der Waals surface area contributed by atoms with Gasteiger partial charge in [-0.25, -0.2) is 0 Å². The number of benzene rings is 1. The molecule has 1 aromatic rings. The number of carboxylic acids is 1. The molecular weight excluding hydrogens is 314 g/mol. The van der Waals surface area contributed by atoms with Gasteiger partial charge in [0.1, 0.15) is 0 Å². The van der Waals surface area contributed by atoms with Crippen molar-refractivity contribution in [1.29, 1.82) is 0 Å². The van der Waals surface area contributed by atoms with E-state index in [-0.39, 0.29) is 23.8 Å². The predicted octanol–water partition coefficient (Wildman–Crippen LogP) is 4.19. The number of amides is 1. The highest BCUT2D eigenvalue weighted by atomic mass is 16.4. The summed E-state index contributed by atoms with van der Waals surface area (Å²) in [6.07, 6.45) is 5.79. The molecule has 2 N–H and O–H groups in total. The number of carbonyl (C=O) groups excluding carboxylic acids is 1. The highest BCUT2D eigenvalue weighted by Gasteiger charge is 2.31. The van der Waals surface area contributed by atoms with E-state index >= 15 is 0 Å². The number of nitrogens with one attached hydrogen (secondary N) is 1. The van der Waals surface area contributed by atoms with Crippen molar-refractivity contribution in [2.24, 2.45) is 11.8 Å². The van der Waals surface area contributed by atoms with Crippen molar-refractivity contribution in [3.05, 3.63) is 34.9 Å². The molecule has 0 saturated heterocycles. The predicted molar refractivity (Wildman–Crippen MR) is 97.4 cm³/mol. The van der Waals surface area contributed by atoms with Crippen molar-refractivity contribution < 1.29 is 14.7 Å². The third-order valence-corrected chi connectivity index (χ3v) is 5.91. The molecule has 25 heavy (non-hydrogen) atoms. The first kappa shape index (κ1) is 18.0. The summed E-state index contributed by atoms with van der Waals surface area (Å²) in [6.45, 7) is 4.39. The Kier molecular flexibility index (Phi) is 5.45. The Bertz CT molecular complexity index is 645. The topological polar surface area (TPSA) is 66.4 Å². The summed E-state index contributed by atoms with van der Waals surface area (Å²) in [6, 6.07) is 6.81. The van der Waals surface area contributed by atoms with Gasteiger partial charge in [-0.1, -0.05) is 32.0 Å². The molecule has 1 fully saturated rings. The molecule has 0 unspecified atom stereocenters. The van der Waals surface area contributed by atoms with E-state index in [0.29, 0.717) is 31.6 Å². The minimum atomic E-state index is -0.721. The van der Waals surface area contributed by atoms with Crippen LogP contribution in [0.5, 0.6) is 0 Å². The number of hydrogen-bond acceptors (Lipinski definition) is 2. The van der Waals surface area contributed by atoms with Gasteiger partial charge in [0.25, 0.3) is 0 Å². The molecule has 0 aliphatic heterocycles. The Morgan fingerprint density at radius 3 is 2.40 bits per heavy atom. The van der Waals surface area contributed by atoms with Gasteiger partial charge in [0.15, 0.2) is 0 Å². The molecule has 1 aromatic carbocycles. The summed E-state index contributed by atoms with van der Waals surface area (Å²) < 4.78 is 0. The lowest BCUT2D eigenvalue weighted by Gasteiger charge is -2.31. The molecule has 0 aromatic heterocycles. The van der Waals surface area contributed by atoms with Crippen LogP contribution in [0.3, 0.4) is 0 Å². The lowest BCUT2D eigenvalue weighted by Crippen LogP contribution is -2.37. The molecule has 4 heteroatoms. The first-order chi connectivity index (χ1) is 12.0. The van der Waals surface area contributed by atoms with Gasteiger partial charge in [-0.05, 0) is 67.6 Å². The second kappa shape index (κ2) is 7.59. The molecule has 2 aliphatic carbocycles. The van der Waals surface area contributed by atoms with Crippen molar-refractivity contribution in [3.63, 3.8) is 0 Å². The number of aryl methyl sites for hydroxylation is 1. The van der Waals surface area contributed by atoms with E-state index in [1.807, 2.05) is 0 Å². The minimum Gasteiger partial charge on any atom is -0.481 e. The average Bonchev–Trinajstić information content (AvgIpc) is 2.61. The van der Waals surface area contributed by atoms with Crippen molar-refractivity contribution in [1.82, 2.24) is 5.32 Å². The van der Waals surface area contributed by atoms with Crippen LogP contribution in [0.15, 0.2) is 18.2 Å². The van der Waals surface area contributed by atoms with E-state index in [0.717, 1.165) is 19.3 Å². The zero-order valence-corrected chi connectivity index (χ0v) is 15.3. The highest BCUT2D eigenvalue weighted by molar-refractivity contribution is 5.80. The van der Waals surface area contributed by atoms with Crippen LogP contribution >= 0.6 is 0 Å². The van der Waals surface area contributed by atoms with Crippen LogP contribution in [0.25, 0.3) is 0 Å². The molecule has 136 valence electrons. The second-order valence-corrected chi connectivity index (χ2v) is 7.95. The largest absolute Gasteiger partial charge is 0.481 e. The summed E-state index contributed by atoms with van der Waals surface area (Å²) in [7, 11) is 0. The fraction of sp³-hybridized carbons (Fsp3) is 0.619. The first-order valence-corrected chi connectivity index (χ1v) is 9.61. The second-order valence-electron chi connectivity index (χ2n) is 7.95. The Morgan fingerprint density at radius 2 is 1.76 bits per heavy atom. The van der Waals surface area contributed by atoms with E-state index < -0.39 is 5.97 Å². The van der Waals surface area contributed by atoms with Gasteiger partial charge in [0.2, 0.25) is 5.91 Å². The zero-order valence-electron chi connectivity index (χ0n) is 15.3. The molecule has 1 saturated carbocycles. The van der Waals surface area contributed by atoms with Gasteiger partial charge in [-0.15, -0.1) is 0 Å². The maximum Gasteiger partial charge on any atom is 0.306 e. The number of aliphatic carboxylic acids is 1. The van der Waals surface area contributed by atoms with E-state index in [2.05, 4.69) is 37.4 Å². The average molecular weight is 343 g/mol. The monoisotopic (exact) mass is 343 g/mol. The normalized spacial score (nSPS) is 26.1. The van der Waals surface area contributed by atoms with Crippen molar-refractivity contribution in [3.8, 4) is 0 Å². The van der Waals surface area contributed by atoms with Gasteiger partial charge in [-0.3, -0.25) is 9.59 Å². The third-order valence-electron chi connectivity index (χ3n) is 5.91. The van der Waals surface area contributed by atoms with Crippen molar-refractivity contribution in [2.75, 3.05) is 0 Å². The van der Waals surface area contributed by atoms with Gasteiger partial charge in [0, 0.05) is 5.92 Å². The SMILES string of the molecule is CC(C)c1ccc2c(c1)[C@H](NC(=O)C1CCC(C(=O)O)CC1)CCC2. The quantitative estimate of drug-likeness (QED) is 0.861. The molecule has 1 amide bonds. The number of hydrogen-bond donors (Lipinski definition) is 2. The van der Waals surface area contributed by atoms with Gasteiger partial charge in [-0.2, -0.15) is 0 Å². The van der Waals surface area contributed by atoms with Crippen LogP contribution in [0.2, 0.25) is 0 Å². The first-order valence-electron chi connectivity index (χ1n) is 9.61. The van der Waals surface area contributed by atoms with Crippen molar-refractivity contribution in [2.45, 2.75) is 70.8 Å². The number of rotatable bonds is 4. The Morgan fingerprint density at radius 1 is 1.08 bits per heavy atom. The van der Waals surface area contributed by atoms with Crippen LogP contribution in [-0.4, -0.2) is 17.0 Å². The summed E-state index contributed by atoms with van der Waals surface area (Å²) >= 11 is 0. The Labute approximate surface area is 150 Å². The zero-order chi connectivity index (χ0) is 18.0. The molecule has 0 radical (unpaired) electrons. The minimum absolute atomic E-state index is 0.0331. The van der Waals surface area contributed by atoms with Gasteiger partial charge < -0.3 is 10.4 Å². The van der Waals surface area contributed by atoms with Gasteiger partial charge in [0.05, 0.1) is 12.0 Å². The molecule has 4 nitrogen and oxygen atoms in total. The molecule has 0 spiro atoms. The van der Waals surface area contributed by atoms with E-state index in [1.165, 1.54) is 16.7 Å². The standard InChI is InChI=1S/C21H29NO3/c1-13(2)17-11-6-14-4-3-5-19(18(14)12-17)22-20(23)15-7-9-16(10-8-15)21(24)25/h6,11-13,15-16,19H,3-5,7-10H2,1-2H3,(H,22,23)(H,24,25)/t15?,16?,19-/m1/s1. The number of carboxylic acid groups (broad SMARTS) is 1. The molecule has 0 heterocycles. The van der Waals surface area contributed by atoms with Crippen LogP contribution < -0.4 is 5.32 Å². The molecule has 2 aliphatic rings. The van der Waals surface area contributed by atoms with E-state index in [1.54, 1.807) is 0 Å². The molecule has 1 atom stereocenters. The van der Waals surface area contributed by atoms with Crippen LogP contribution in [-0.2, 0) is 16.0 Å². The van der Waals surface area contributed by atoms with Gasteiger partial charge >= 0.3 is 5.97 Å². The van der Waals surface area contributed by atoms with E-state index in [4.69, 9.17) is 5.11 Å². The number of fused-ring (bicyclic) bond motifs is 1. The lowest BCUT2D eigenvalue weighted by atomic mass is 9.80. The highest BCUT2D eigenvalue weighted by Crippen LogP contribution is 2.34. The van der Waals surface area contributed by atoms with Crippen LogP contribution in [0.1, 0.15) is 81.0 Å². The fourth-order valence-corrected chi connectivity index (χ4v) is 4.22. The van der Waals surface area contributed by atoms with Crippen LogP contribution in [0.4, 0.5) is 0 Å². The molecular formula is C21H29NO3. The summed E-state index contributed by atoms with van der Waals surface area (Å²) in [5, 5.41) is 12.4. The Hall–Kier alpha value is -1.84. The third kappa shape index (κ3) is 4.05.